The lowest BCUT2D eigenvalue weighted by molar-refractivity contribution is -0.173. The van der Waals surface area contributed by atoms with Gasteiger partial charge in [-0.15, -0.1) is 0 Å². The third-order valence-electron chi connectivity index (χ3n) is 6.17. The van der Waals surface area contributed by atoms with E-state index >= 15 is 0 Å². The second-order valence-electron chi connectivity index (χ2n) is 10.2. The average Bonchev–Trinajstić information content (AvgIpc) is 3.32. The summed E-state index contributed by atoms with van der Waals surface area (Å²) in [6.45, 7) is 8.48. The van der Waals surface area contributed by atoms with Crippen LogP contribution in [0.4, 0.5) is 16.2 Å². The van der Waals surface area contributed by atoms with E-state index in [2.05, 4.69) is 22.5 Å². The number of benzene rings is 2. The number of carbonyl (C=O) groups excluding carboxylic acids is 2. The summed E-state index contributed by atoms with van der Waals surface area (Å²) in [6.07, 6.45) is 2.56. The van der Waals surface area contributed by atoms with E-state index in [0.29, 0.717) is 11.4 Å². The molecule has 2 heterocycles. The van der Waals surface area contributed by atoms with Crippen LogP contribution < -0.4 is 10.6 Å². The van der Waals surface area contributed by atoms with Gasteiger partial charge in [-0.05, 0) is 43.7 Å². The third-order valence-corrected chi connectivity index (χ3v) is 6.17. The molecule has 8 heteroatoms. The summed E-state index contributed by atoms with van der Waals surface area (Å²) in [4.78, 5) is 25.2. The molecule has 2 atom stereocenters. The van der Waals surface area contributed by atoms with Gasteiger partial charge in [-0.25, -0.2) is 9.59 Å². The molecule has 200 valence electrons. The molecule has 1 aliphatic rings. The maximum Gasteiger partial charge on any atom is 0.376 e. The molecule has 2 amide bonds. The summed E-state index contributed by atoms with van der Waals surface area (Å²) in [5.74, 6) is 6.20. The Labute approximate surface area is 223 Å². The van der Waals surface area contributed by atoms with Crippen LogP contribution in [0.5, 0.6) is 0 Å². The topological polar surface area (TPSA) is 99.0 Å². The van der Waals surface area contributed by atoms with Gasteiger partial charge in [-0.2, -0.15) is 0 Å². The second kappa shape index (κ2) is 11.7. The number of furan rings is 1. The lowest BCUT2D eigenvalue weighted by atomic mass is 9.93. The number of carbonyl (C=O) groups is 2. The molecule has 4 rings (SSSR count). The number of fused-ring (bicyclic) bond motifs is 1. The zero-order chi connectivity index (χ0) is 27.3. The largest absolute Gasteiger partial charge is 0.463 e. The fourth-order valence-electron chi connectivity index (χ4n) is 4.15. The number of hydrogen-bond acceptors (Lipinski definition) is 6. The van der Waals surface area contributed by atoms with Gasteiger partial charge in [-0.1, -0.05) is 56.9 Å². The second-order valence-corrected chi connectivity index (χ2v) is 10.2. The van der Waals surface area contributed by atoms with Crippen molar-refractivity contribution in [3.05, 3.63) is 59.5 Å². The normalized spacial score (nSPS) is 16.3. The quantitative estimate of drug-likeness (QED) is 0.298. The average molecular weight is 519 g/mol. The first-order chi connectivity index (χ1) is 18.2. The van der Waals surface area contributed by atoms with Gasteiger partial charge in [0, 0.05) is 29.0 Å². The molecule has 1 fully saturated rings. The Kier molecular flexibility index (Phi) is 8.40. The molecular formula is C30H34N2O6. The molecule has 1 saturated heterocycles. The number of nitrogens with one attached hydrogen (secondary N) is 2. The monoisotopic (exact) mass is 518 g/mol. The highest BCUT2D eigenvalue weighted by Crippen LogP contribution is 2.31. The van der Waals surface area contributed by atoms with Gasteiger partial charge in [0.05, 0.1) is 18.5 Å². The van der Waals surface area contributed by atoms with Crippen molar-refractivity contribution in [2.24, 2.45) is 0 Å². The summed E-state index contributed by atoms with van der Waals surface area (Å²) in [5, 5.41) is 7.33. The Hall–Kier alpha value is -3.80. The van der Waals surface area contributed by atoms with Crippen LogP contribution in [0.25, 0.3) is 10.8 Å². The molecule has 2 N–H and O–H groups in total. The zero-order valence-corrected chi connectivity index (χ0v) is 22.5. The van der Waals surface area contributed by atoms with E-state index in [9.17, 15) is 9.59 Å². The first-order valence-electron chi connectivity index (χ1n) is 12.8. The molecule has 1 aliphatic heterocycles. The van der Waals surface area contributed by atoms with Crippen LogP contribution in [0.3, 0.4) is 0 Å². The van der Waals surface area contributed by atoms with Crippen LogP contribution in [-0.4, -0.2) is 38.1 Å². The van der Waals surface area contributed by atoms with Gasteiger partial charge >= 0.3 is 12.0 Å². The summed E-state index contributed by atoms with van der Waals surface area (Å²) >= 11 is 0. The number of methoxy groups -OCH3 is 1. The molecule has 2 aromatic carbocycles. The van der Waals surface area contributed by atoms with Gasteiger partial charge < -0.3 is 29.3 Å². The smallest absolute Gasteiger partial charge is 0.376 e. The Balaban J connectivity index is 1.53. The lowest BCUT2D eigenvalue weighted by Gasteiger charge is -2.24. The van der Waals surface area contributed by atoms with Crippen molar-refractivity contribution < 1.29 is 28.2 Å². The van der Waals surface area contributed by atoms with Crippen molar-refractivity contribution in [2.45, 2.75) is 64.8 Å². The minimum absolute atomic E-state index is 0.0574. The zero-order valence-electron chi connectivity index (χ0n) is 22.5. The number of urea groups is 1. The van der Waals surface area contributed by atoms with Crippen LogP contribution in [0.2, 0.25) is 0 Å². The highest BCUT2D eigenvalue weighted by Gasteiger charge is 2.26. The van der Waals surface area contributed by atoms with Crippen molar-refractivity contribution in [1.29, 1.82) is 0 Å². The molecule has 38 heavy (non-hydrogen) atoms. The highest BCUT2D eigenvalue weighted by molar-refractivity contribution is 6.09. The molecule has 3 aromatic rings. The standard InChI is InChI=1S/C30H34N2O6/c1-19(37-26-12-8-9-17-36-26)13-14-20-15-16-23(22-11-7-6-10-21(20)22)31-29(34)32-24-18-25(30(2,3)4)38-27(24)28(33)35-5/h6-7,10-11,15-16,18-19,26H,8-9,12,17H2,1-5H3,(H2,31,32,34). The van der Waals surface area contributed by atoms with E-state index in [0.717, 1.165) is 42.2 Å². The van der Waals surface area contributed by atoms with E-state index in [1.165, 1.54) is 7.11 Å². The summed E-state index contributed by atoms with van der Waals surface area (Å²) < 4.78 is 22.1. The Bertz CT molecular complexity index is 1370. The minimum atomic E-state index is -0.669. The predicted molar refractivity (Wildman–Crippen MR) is 146 cm³/mol. The Morgan fingerprint density at radius 3 is 2.47 bits per heavy atom. The van der Waals surface area contributed by atoms with E-state index in [1.807, 2.05) is 58.0 Å². The fourth-order valence-corrected chi connectivity index (χ4v) is 4.15. The number of ether oxygens (including phenoxy) is 3. The SMILES string of the molecule is COC(=O)c1oc(C(C)(C)C)cc1NC(=O)Nc1ccc(C#CC(C)OC2CCCCO2)c2ccccc12. The van der Waals surface area contributed by atoms with E-state index < -0.39 is 12.0 Å². The van der Waals surface area contributed by atoms with E-state index in [4.69, 9.17) is 18.6 Å². The van der Waals surface area contributed by atoms with Gasteiger partial charge in [0.25, 0.3) is 0 Å². The van der Waals surface area contributed by atoms with Crippen molar-refractivity contribution in [2.75, 3.05) is 24.4 Å². The number of anilines is 2. The number of rotatable bonds is 5. The van der Waals surface area contributed by atoms with Crippen molar-refractivity contribution in [3.8, 4) is 11.8 Å². The molecule has 0 aliphatic carbocycles. The maximum atomic E-state index is 13.0. The molecule has 0 saturated carbocycles. The molecular weight excluding hydrogens is 484 g/mol. The third kappa shape index (κ3) is 6.55. The van der Waals surface area contributed by atoms with Crippen molar-refractivity contribution in [1.82, 2.24) is 0 Å². The summed E-state index contributed by atoms with van der Waals surface area (Å²) in [7, 11) is 1.26. The highest BCUT2D eigenvalue weighted by atomic mass is 16.7. The van der Waals surface area contributed by atoms with Crippen LogP contribution in [0.1, 0.15) is 68.8 Å². The van der Waals surface area contributed by atoms with E-state index in [-0.39, 0.29) is 29.3 Å². The molecule has 0 bridgehead atoms. The summed E-state index contributed by atoms with van der Waals surface area (Å²) in [6, 6.07) is 12.5. The molecule has 8 nitrogen and oxygen atoms in total. The molecule has 2 unspecified atom stereocenters. The van der Waals surface area contributed by atoms with Gasteiger partial charge in [0.15, 0.2) is 6.29 Å². The van der Waals surface area contributed by atoms with E-state index in [1.54, 1.807) is 12.1 Å². The first kappa shape index (κ1) is 27.2. The van der Waals surface area contributed by atoms with Gasteiger partial charge in [0.2, 0.25) is 5.76 Å². The maximum absolute atomic E-state index is 13.0. The molecule has 1 aromatic heterocycles. The first-order valence-corrected chi connectivity index (χ1v) is 12.8. The van der Waals surface area contributed by atoms with Crippen molar-refractivity contribution in [3.63, 3.8) is 0 Å². The van der Waals surface area contributed by atoms with Gasteiger partial charge in [0.1, 0.15) is 11.9 Å². The molecule has 0 spiro atoms. The predicted octanol–water partition coefficient (Wildman–Crippen LogP) is 6.44. The Morgan fingerprint density at radius 1 is 1.05 bits per heavy atom. The fraction of sp³-hybridized carbons (Fsp3) is 0.400. The number of amides is 2. The number of esters is 1. The van der Waals surface area contributed by atoms with Gasteiger partial charge in [-0.3, -0.25) is 0 Å². The van der Waals surface area contributed by atoms with Crippen LogP contribution in [-0.2, 0) is 19.6 Å². The summed E-state index contributed by atoms with van der Waals surface area (Å²) in [5.41, 5.74) is 1.30. The Morgan fingerprint density at radius 2 is 1.79 bits per heavy atom. The van der Waals surface area contributed by atoms with Crippen LogP contribution in [0.15, 0.2) is 46.9 Å². The van der Waals surface area contributed by atoms with Crippen LogP contribution in [0, 0.1) is 11.8 Å². The lowest BCUT2D eigenvalue weighted by Crippen LogP contribution is -2.25. The number of hydrogen-bond donors (Lipinski definition) is 2. The molecule has 0 radical (unpaired) electrons. The van der Waals surface area contributed by atoms with Crippen molar-refractivity contribution >= 4 is 34.1 Å². The minimum Gasteiger partial charge on any atom is -0.463 e. The van der Waals surface area contributed by atoms with Crippen LogP contribution >= 0.6 is 0 Å².